The maximum absolute atomic E-state index is 12.9. The van der Waals surface area contributed by atoms with Crippen LogP contribution in [0.4, 0.5) is 24.8 Å². The van der Waals surface area contributed by atoms with Gasteiger partial charge in [0.25, 0.3) is 0 Å². The second-order valence-corrected chi connectivity index (χ2v) is 4.83. The van der Waals surface area contributed by atoms with Crippen molar-refractivity contribution in [3.63, 3.8) is 0 Å². The first-order valence-electron chi connectivity index (χ1n) is 6.30. The number of halogens is 3. The standard InChI is InChI=1S/C12H17F3N4/c1-3-6-16-9-8(2)10(18-7-17-9)19-11(4-5-11)12(13,14)15/h7H,3-6H2,1-2H3,(H2,16,17,18,19). The third kappa shape index (κ3) is 2.74. The molecule has 1 aliphatic rings. The van der Waals surface area contributed by atoms with Gasteiger partial charge in [0.15, 0.2) is 0 Å². The molecule has 4 nitrogen and oxygen atoms in total. The van der Waals surface area contributed by atoms with Crippen LogP contribution in [-0.4, -0.2) is 28.2 Å². The molecule has 19 heavy (non-hydrogen) atoms. The molecular weight excluding hydrogens is 257 g/mol. The van der Waals surface area contributed by atoms with E-state index in [0.29, 0.717) is 11.4 Å². The Morgan fingerprint density at radius 1 is 1.26 bits per heavy atom. The van der Waals surface area contributed by atoms with Gasteiger partial charge in [-0.3, -0.25) is 0 Å². The van der Waals surface area contributed by atoms with Crippen molar-refractivity contribution in [3.8, 4) is 0 Å². The van der Waals surface area contributed by atoms with Crippen LogP contribution >= 0.6 is 0 Å². The zero-order chi connectivity index (χ0) is 14.1. The quantitative estimate of drug-likeness (QED) is 0.866. The van der Waals surface area contributed by atoms with E-state index in [1.54, 1.807) is 6.92 Å². The molecule has 0 aliphatic heterocycles. The summed E-state index contributed by atoms with van der Waals surface area (Å²) in [7, 11) is 0. The summed E-state index contributed by atoms with van der Waals surface area (Å²) in [6.07, 6.45) is -1.87. The molecule has 1 fully saturated rings. The average molecular weight is 274 g/mol. The van der Waals surface area contributed by atoms with Crippen LogP contribution in [0.1, 0.15) is 31.7 Å². The summed E-state index contributed by atoms with van der Waals surface area (Å²) < 4.78 is 38.7. The molecule has 1 heterocycles. The van der Waals surface area contributed by atoms with E-state index < -0.39 is 11.7 Å². The molecule has 1 saturated carbocycles. The largest absolute Gasteiger partial charge is 0.411 e. The van der Waals surface area contributed by atoms with Gasteiger partial charge in [-0.2, -0.15) is 13.2 Å². The van der Waals surface area contributed by atoms with Crippen LogP contribution in [0.3, 0.4) is 0 Å². The first kappa shape index (κ1) is 13.9. The maximum Gasteiger partial charge on any atom is 0.411 e. The second kappa shape index (κ2) is 4.86. The summed E-state index contributed by atoms with van der Waals surface area (Å²) in [6, 6.07) is 0. The van der Waals surface area contributed by atoms with Crippen LogP contribution in [0.25, 0.3) is 0 Å². The van der Waals surface area contributed by atoms with Crippen LogP contribution in [0.5, 0.6) is 0 Å². The normalized spacial score (nSPS) is 17.1. The van der Waals surface area contributed by atoms with E-state index in [1.165, 1.54) is 6.33 Å². The van der Waals surface area contributed by atoms with Gasteiger partial charge in [0, 0.05) is 12.1 Å². The first-order chi connectivity index (χ1) is 8.89. The third-order valence-corrected chi connectivity index (χ3v) is 3.28. The van der Waals surface area contributed by atoms with Gasteiger partial charge in [-0.1, -0.05) is 6.92 Å². The van der Waals surface area contributed by atoms with E-state index in [1.807, 2.05) is 6.92 Å². The van der Waals surface area contributed by atoms with Crippen molar-refractivity contribution in [2.75, 3.05) is 17.2 Å². The van der Waals surface area contributed by atoms with E-state index in [-0.39, 0.29) is 18.7 Å². The number of aromatic nitrogens is 2. The lowest BCUT2D eigenvalue weighted by Crippen LogP contribution is -2.39. The first-order valence-corrected chi connectivity index (χ1v) is 6.30. The van der Waals surface area contributed by atoms with Gasteiger partial charge in [0.1, 0.15) is 23.5 Å². The molecule has 0 saturated heterocycles. The smallest absolute Gasteiger partial charge is 0.370 e. The van der Waals surface area contributed by atoms with Gasteiger partial charge < -0.3 is 10.6 Å². The number of alkyl halides is 3. The highest BCUT2D eigenvalue weighted by Gasteiger charge is 2.63. The van der Waals surface area contributed by atoms with Crippen molar-refractivity contribution < 1.29 is 13.2 Å². The fraction of sp³-hybridized carbons (Fsp3) is 0.667. The summed E-state index contributed by atoms with van der Waals surface area (Å²) in [4.78, 5) is 7.97. The number of nitrogens with one attached hydrogen (secondary N) is 2. The SMILES string of the molecule is CCCNc1ncnc(NC2(C(F)(F)F)CC2)c1C. The molecule has 1 aliphatic carbocycles. The number of hydrogen-bond acceptors (Lipinski definition) is 4. The zero-order valence-corrected chi connectivity index (χ0v) is 10.9. The summed E-state index contributed by atoms with van der Waals surface area (Å²) in [5.41, 5.74) is -1.18. The highest BCUT2D eigenvalue weighted by Crippen LogP contribution is 2.51. The van der Waals surface area contributed by atoms with Crippen LogP contribution in [-0.2, 0) is 0 Å². The molecular formula is C12H17F3N4. The highest BCUT2D eigenvalue weighted by molar-refractivity contribution is 5.58. The van der Waals surface area contributed by atoms with E-state index in [4.69, 9.17) is 0 Å². The Bertz CT molecular complexity index is 455. The van der Waals surface area contributed by atoms with Gasteiger partial charge in [0.2, 0.25) is 0 Å². The van der Waals surface area contributed by atoms with E-state index in [0.717, 1.165) is 13.0 Å². The fourth-order valence-corrected chi connectivity index (χ4v) is 1.83. The number of hydrogen-bond donors (Lipinski definition) is 2. The van der Waals surface area contributed by atoms with Gasteiger partial charge >= 0.3 is 6.18 Å². The van der Waals surface area contributed by atoms with Gasteiger partial charge in [-0.15, -0.1) is 0 Å². The van der Waals surface area contributed by atoms with Crippen molar-refractivity contribution in [2.45, 2.75) is 44.8 Å². The zero-order valence-electron chi connectivity index (χ0n) is 10.9. The summed E-state index contributed by atoms with van der Waals surface area (Å²) in [6.45, 7) is 4.44. The lowest BCUT2D eigenvalue weighted by Gasteiger charge is -2.22. The van der Waals surface area contributed by atoms with Crippen LogP contribution in [0.15, 0.2) is 6.33 Å². The average Bonchev–Trinajstić information content (AvgIpc) is 3.11. The number of nitrogens with zero attached hydrogens (tertiary/aromatic N) is 2. The minimum absolute atomic E-state index is 0.0949. The Hall–Kier alpha value is -1.53. The molecule has 1 aromatic heterocycles. The topological polar surface area (TPSA) is 49.8 Å². The Kier molecular flexibility index (Phi) is 3.56. The molecule has 7 heteroatoms. The van der Waals surface area contributed by atoms with Crippen LogP contribution < -0.4 is 10.6 Å². The third-order valence-electron chi connectivity index (χ3n) is 3.28. The van der Waals surface area contributed by atoms with E-state index >= 15 is 0 Å². The van der Waals surface area contributed by atoms with Gasteiger partial charge in [-0.05, 0) is 26.2 Å². The number of anilines is 2. The van der Waals surface area contributed by atoms with E-state index in [2.05, 4.69) is 20.6 Å². The van der Waals surface area contributed by atoms with Gasteiger partial charge in [-0.25, -0.2) is 9.97 Å². The molecule has 0 radical (unpaired) electrons. The molecule has 0 amide bonds. The molecule has 106 valence electrons. The van der Waals surface area contributed by atoms with Crippen molar-refractivity contribution >= 4 is 11.6 Å². The van der Waals surface area contributed by atoms with Gasteiger partial charge in [0.05, 0.1) is 0 Å². The molecule has 0 aromatic carbocycles. The fourth-order valence-electron chi connectivity index (χ4n) is 1.83. The van der Waals surface area contributed by atoms with Crippen LogP contribution in [0, 0.1) is 6.92 Å². The molecule has 0 bridgehead atoms. The Labute approximate surface area is 109 Å². The molecule has 0 atom stereocenters. The van der Waals surface area contributed by atoms with Crippen molar-refractivity contribution in [1.82, 2.24) is 9.97 Å². The summed E-state index contributed by atoms with van der Waals surface area (Å²) in [5, 5.41) is 5.61. The predicted molar refractivity (Wildman–Crippen MR) is 67.2 cm³/mol. The van der Waals surface area contributed by atoms with E-state index in [9.17, 15) is 13.2 Å². The Morgan fingerprint density at radius 2 is 1.89 bits per heavy atom. The minimum atomic E-state index is -4.25. The minimum Gasteiger partial charge on any atom is -0.370 e. The summed E-state index contributed by atoms with van der Waals surface area (Å²) >= 11 is 0. The number of rotatable bonds is 5. The lowest BCUT2D eigenvalue weighted by molar-refractivity contribution is -0.151. The Morgan fingerprint density at radius 3 is 2.42 bits per heavy atom. The van der Waals surface area contributed by atoms with Crippen LogP contribution in [0.2, 0.25) is 0 Å². The van der Waals surface area contributed by atoms with Crippen molar-refractivity contribution in [3.05, 3.63) is 11.9 Å². The molecule has 2 N–H and O–H groups in total. The Balaban J connectivity index is 2.17. The monoisotopic (exact) mass is 274 g/mol. The predicted octanol–water partition coefficient (Wildman–Crippen LogP) is 3.11. The molecule has 2 rings (SSSR count). The highest BCUT2D eigenvalue weighted by atomic mass is 19.4. The van der Waals surface area contributed by atoms with Crippen molar-refractivity contribution in [2.24, 2.45) is 0 Å². The second-order valence-electron chi connectivity index (χ2n) is 4.83. The summed E-state index contributed by atoms with van der Waals surface area (Å²) in [5.74, 6) is 0.834. The van der Waals surface area contributed by atoms with Crippen molar-refractivity contribution in [1.29, 1.82) is 0 Å². The maximum atomic E-state index is 12.9. The molecule has 1 aromatic rings. The molecule has 0 unspecified atom stereocenters. The lowest BCUT2D eigenvalue weighted by atomic mass is 10.2. The molecule has 0 spiro atoms.